The van der Waals surface area contributed by atoms with E-state index >= 15 is 0 Å². The van der Waals surface area contributed by atoms with E-state index in [4.69, 9.17) is 5.48 Å². The Morgan fingerprint density at radius 2 is 2.47 bits per heavy atom. The fourth-order valence-electron chi connectivity index (χ4n) is 1.45. The molecule has 3 heteroatoms. The molecule has 0 aliphatic heterocycles. The molecule has 1 unspecified atom stereocenters. The van der Waals surface area contributed by atoms with Crippen LogP contribution in [0.15, 0.2) is 36.7 Å². The predicted molar refractivity (Wildman–Crippen MR) is 58.9 cm³/mol. The Balaban J connectivity index is 2.66. The van der Waals surface area contributed by atoms with Crippen LogP contribution < -0.4 is 0 Å². The number of hydrogen-bond donors (Lipinski definition) is 1. The van der Waals surface area contributed by atoms with Crippen LogP contribution in [0.5, 0.6) is 0 Å². The standard InChI is InChI=1S/C12H14N2O/c1-9-4-5-12(11(8-9)10(2)15)14-7-3-6-13-14/h3-8,10,15H,1-2H3/i2D3,10D. The van der Waals surface area contributed by atoms with Gasteiger partial charge < -0.3 is 5.11 Å². The van der Waals surface area contributed by atoms with Crippen LogP contribution in [0, 0.1) is 6.92 Å². The van der Waals surface area contributed by atoms with E-state index in [0.29, 0.717) is 5.69 Å². The summed E-state index contributed by atoms with van der Waals surface area (Å²) in [4.78, 5) is 0. The molecule has 2 rings (SSSR count). The third-order valence-electron chi connectivity index (χ3n) is 2.16. The number of benzene rings is 1. The van der Waals surface area contributed by atoms with Crippen LogP contribution >= 0.6 is 0 Å². The van der Waals surface area contributed by atoms with Crippen LogP contribution in [0.1, 0.15) is 29.5 Å². The molecule has 0 amide bonds. The fraction of sp³-hybridized carbons (Fsp3) is 0.250. The smallest absolute Gasteiger partial charge is 0.0782 e. The predicted octanol–water partition coefficient (Wildman–Crippen LogP) is 2.23. The van der Waals surface area contributed by atoms with E-state index in [2.05, 4.69) is 5.10 Å². The molecule has 78 valence electrons. The summed E-state index contributed by atoms with van der Waals surface area (Å²) in [7, 11) is 0. The summed E-state index contributed by atoms with van der Waals surface area (Å²) in [5.74, 6) is 0. The molecule has 0 saturated heterocycles. The van der Waals surface area contributed by atoms with Gasteiger partial charge in [-0.25, -0.2) is 4.68 Å². The summed E-state index contributed by atoms with van der Waals surface area (Å²) in [6.45, 7) is -1.07. The number of aryl methyl sites for hydroxylation is 1. The van der Waals surface area contributed by atoms with Crippen molar-refractivity contribution in [3.05, 3.63) is 47.8 Å². The molecule has 0 spiro atoms. The van der Waals surface area contributed by atoms with Crippen molar-refractivity contribution in [3.8, 4) is 5.69 Å². The van der Waals surface area contributed by atoms with Crippen molar-refractivity contribution in [2.75, 3.05) is 0 Å². The molecular weight excluding hydrogens is 188 g/mol. The molecule has 0 saturated carbocycles. The van der Waals surface area contributed by atoms with Gasteiger partial charge in [0.25, 0.3) is 0 Å². The number of hydrogen-bond acceptors (Lipinski definition) is 2. The Morgan fingerprint density at radius 1 is 1.60 bits per heavy atom. The lowest BCUT2D eigenvalue weighted by molar-refractivity contribution is 0.199. The number of aromatic nitrogens is 2. The Bertz CT molecular complexity index is 576. The Hall–Kier alpha value is -1.61. The first-order valence-corrected chi connectivity index (χ1v) is 4.57. The zero-order chi connectivity index (χ0) is 14.3. The lowest BCUT2D eigenvalue weighted by atomic mass is 10.1. The van der Waals surface area contributed by atoms with E-state index in [-0.39, 0.29) is 5.56 Å². The van der Waals surface area contributed by atoms with E-state index in [1.54, 1.807) is 37.5 Å². The molecule has 1 aromatic heterocycles. The number of rotatable bonds is 2. The number of aliphatic hydroxyl groups is 1. The van der Waals surface area contributed by atoms with E-state index in [9.17, 15) is 5.11 Å². The molecule has 3 nitrogen and oxygen atoms in total. The molecule has 15 heavy (non-hydrogen) atoms. The van der Waals surface area contributed by atoms with E-state index in [1.165, 1.54) is 10.7 Å². The van der Waals surface area contributed by atoms with Crippen molar-refractivity contribution in [1.82, 2.24) is 9.78 Å². The van der Waals surface area contributed by atoms with Crippen molar-refractivity contribution >= 4 is 0 Å². The lowest BCUT2D eigenvalue weighted by Gasteiger charge is -2.12. The van der Waals surface area contributed by atoms with Gasteiger partial charge in [0.15, 0.2) is 0 Å². The molecule has 0 aliphatic carbocycles. The van der Waals surface area contributed by atoms with Crippen LogP contribution in [-0.4, -0.2) is 14.9 Å². The first-order valence-electron chi connectivity index (χ1n) is 6.57. The highest BCUT2D eigenvalue weighted by molar-refractivity contribution is 5.43. The maximum atomic E-state index is 10.1. The summed E-state index contributed by atoms with van der Waals surface area (Å²) in [5, 5.41) is 14.1. The highest BCUT2D eigenvalue weighted by atomic mass is 16.3. The zero-order valence-electron chi connectivity index (χ0n) is 12.3. The SMILES string of the molecule is [2H]C([2H])([2H])C([2H])(O)c1cc(C)ccc1-n1cccn1. The minimum atomic E-state index is -2.84. The van der Waals surface area contributed by atoms with Crippen LogP contribution in [0.4, 0.5) is 0 Å². The van der Waals surface area contributed by atoms with Gasteiger partial charge in [-0.15, -0.1) is 0 Å². The van der Waals surface area contributed by atoms with E-state index in [0.717, 1.165) is 5.56 Å². The third-order valence-corrected chi connectivity index (χ3v) is 2.16. The van der Waals surface area contributed by atoms with Crippen molar-refractivity contribution in [3.63, 3.8) is 0 Å². The van der Waals surface area contributed by atoms with Gasteiger partial charge in [-0.1, -0.05) is 17.7 Å². The maximum Gasteiger partial charge on any atom is 0.0782 e. The molecular formula is C12H14N2O. The summed E-state index contributed by atoms with van der Waals surface area (Å²) in [6.07, 6.45) is 0.492. The highest BCUT2D eigenvalue weighted by Crippen LogP contribution is 2.22. The number of nitrogens with zero attached hydrogens (tertiary/aromatic N) is 2. The Morgan fingerprint density at radius 3 is 3.13 bits per heavy atom. The van der Waals surface area contributed by atoms with Crippen LogP contribution in [0.25, 0.3) is 5.69 Å². The van der Waals surface area contributed by atoms with Crippen LogP contribution in [0.2, 0.25) is 0 Å². The fourth-order valence-corrected chi connectivity index (χ4v) is 1.45. The summed E-state index contributed by atoms with van der Waals surface area (Å²) in [6, 6.07) is 6.59. The quantitative estimate of drug-likeness (QED) is 0.818. The average molecular weight is 206 g/mol. The molecule has 0 aliphatic rings. The van der Waals surface area contributed by atoms with Crippen molar-refractivity contribution in [1.29, 1.82) is 0 Å². The Labute approximate surface area is 94.6 Å². The minimum absolute atomic E-state index is 0.0104. The molecule has 1 atom stereocenters. The lowest BCUT2D eigenvalue weighted by Crippen LogP contribution is -2.03. The van der Waals surface area contributed by atoms with E-state index < -0.39 is 12.9 Å². The second kappa shape index (κ2) is 3.87. The normalized spacial score (nSPS) is 19.6. The van der Waals surface area contributed by atoms with Gasteiger partial charge in [0.05, 0.1) is 13.1 Å². The highest BCUT2D eigenvalue weighted by Gasteiger charge is 2.09. The largest absolute Gasteiger partial charge is 0.389 e. The molecule has 1 heterocycles. The molecule has 1 N–H and O–H groups in total. The first-order chi connectivity index (χ1) is 8.73. The van der Waals surface area contributed by atoms with Crippen LogP contribution in [-0.2, 0) is 0 Å². The maximum absolute atomic E-state index is 10.1. The van der Waals surface area contributed by atoms with E-state index in [1.807, 2.05) is 0 Å². The van der Waals surface area contributed by atoms with Gasteiger partial charge in [0.1, 0.15) is 0 Å². The molecule has 0 bridgehead atoms. The van der Waals surface area contributed by atoms with Gasteiger partial charge in [0, 0.05) is 22.1 Å². The Kier molecular flexibility index (Phi) is 1.57. The monoisotopic (exact) mass is 206 g/mol. The van der Waals surface area contributed by atoms with Crippen molar-refractivity contribution < 1.29 is 10.6 Å². The second-order valence-electron chi connectivity index (χ2n) is 3.32. The van der Waals surface area contributed by atoms with Gasteiger partial charge in [-0.2, -0.15) is 5.10 Å². The summed E-state index contributed by atoms with van der Waals surface area (Å²) in [5.41, 5.74) is 1.15. The summed E-state index contributed by atoms with van der Waals surface area (Å²) < 4.78 is 31.2. The van der Waals surface area contributed by atoms with Gasteiger partial charge in [-0.05, 0) is 25.9 Å². The molecule has 1 aromatic carbocycles. The first kappa shape index (κ1) is 6.08. The van der Waals surface area contributed by atoms with Crippen molar-refractivity contribution in [2.24, 2.45) is 0 Å². The average Bonchev–Trinajstić information content (AvgIpc) is 2.80. The second-order valence-corrected chi connectivity index (χ2v) is 3.32. The minimum Gasteiger partial charge on any atom is -0.389 e. The van der Waals surface area contributed by atoms with Gasteiger partial charge in [-0.3, -0.25) is 0 Å². The third kappa shape index (κ3) is 1.92. The molecule has 2 aromatic rings. The topological polar surface area (TPSA) is 38.0 Å². The molecule has 0 fully saturated rings. The van der Waals surface area contributed by atoms with Gasteiger partial charge >= 0.3 is 0 Å². The zero-order valence-corrected chi connectivity index (χ0v) is 8.31. The van der Waals surface area contributed by atoms with Crippen LogP contribution in [0.3, 0.4) is 0 Å². The van der Waals surface area contributed by atoms with Crippen molar-refractivity contribution in [2.45, 2.75) is 19.9 Å². The van der Waals surface area contributed by atoms with Gasteiger partial charge in [0.2, 0.25) is 0 Å². The summed E-state index contributed by atoms with van der Waals surface area (Å²) >= 11 is 0. The molecule has 0 radical (unpaired) electrons.